The molecule has 4 aromatic rings. The number of benzene rings is 2. The van der Waals surface area contributed by atoms with Crippen molar-refractivity contribution in [2.24, 2.45) is 12.1 Å². The van der Waals surface area contributed by atoms with Crippen LogP contribution >= 0.6 is 11.6 Å². The number of imidazole rings is 1. The molecule has 2 N–H and O–H groups in total. The molecule has 0 radical (unpaired) electrons. The highest BCUT2D eigenvalue weighted by molar-refractivity contribution is 6.33. The predicted octanol–water partition coefficient (Wildman–Crippen LogP) is 3.19. The van der Waals surface area contributed by atoms with Crippen LogP contribution in [0.3, 0.4) is 0 Å². The summed E-state index contributed by atoms with van der Waals surface area (Å²) in [6, 6.07) is 13.4. The van der Waals surface area contributed by atoms with Gasteiger partial charge in [-0.15, -0.1) is 0 Å². The molecule has 0 bridgehead atoms. The molecule has 0 saturated heterocycles. The first-order valence-electron chi connectivity index (χ1n) is 9.64. The minimum absolute atomic E-state index is 0.273. The van der Waals surface area contributed by atoms with Crippen LogP contribution in [0.2, 0.25) is 5.02 Å². The van der Waals surface area contributed by atoms with Crippen molar-refractivity contribution in [3.63, 3.8) is 0 Å². The van der Waals surface area contributed by atoms with Crippen LogP contribution in [0.4, 0.5) is 5.95 Å². The third-order valence-electron chi connectivity index (χ3n) is 5.11. The predicted molar refractivity (Wildman–Crippen MR) is 123 cm³/mol. The molecule has 0 unspecified atom stereocenters. The van der Waals surface area contributed by atoms with Gasteiger partial charge in [0.05, 0.1) is 12.8 Å². The van der Waals surface area contributed by atoms with Crippen LogP contribution in [0.25, 0.3) is 11.2 Å². The van der Waals surface area contributed by atoms with Crippen molar-refractivity contribution >= 4 is 34.9 Å². The van der Waals surface area contributed by atoms with E-state index in [1.54, 1.807) is 23.9 Å². The molecule has 158 valence electrons. The number of nitrogens with one attached hydrogen (secondary N) is 2. The van der Waals surface area contributed by atoms with Gasteiger partial charge in [0, 0.05) is 17.6 Å². The number of anilines is 1. The molecule has 2 aromatic heterocycles. The molecule has 31 heavy (non-hydrogen) atoms. The van der Waals surface area contributed by atoms with Gasteiger partial charge in [-0.1, -0.05) is 53.6 Å². The zero-order valence-electron chi connectivity index (χ0n) is 17.3. The molecule has 4 rings (SSSR count). The highest BCUT2D eigenvalue weighted by Gasteiger charge is 2.18. The van der Waals surface area contributed by atoms with Gasteiger partial charge in [-0.25, -0.2) is 10.2 Å². The minimum Gasteiger partial charge on any atom is -0.298 e. The third kappa shape index (κ3) is 4.02. The minimum atomic E-state index is -0.528. The fourth-order valence-electron chi connectivity index (χ4n) is 3.35. The Labute approximate surface area is 182 Å². The van der Waals surface area contributed by atoms with Gasteiger partial charge in [0.25, 0.3) is 5.56 Å². The molecule has 0 atom stereocenters. The Hall–Kier alpha value is -3.65. The molecule has 2 aromatic carbocycles. The molecule has 0 aliphatic heterocycles. The van der Waals surface area contributed by atoms with Gasteiger partial charge in [-0.05, 0) is 31.0 Å². The molecular weight excluding hydrogens is 416 g/mol. The quantitative estimate of drug-likeness (QED) is 0.371. The summed E-state index contributed by atoms with van der Waals surface area (Å²) in [4.78, 5) is 31.5. The van der Waals surface area contributed by atoms with Gasteiger partial charge in [0.15, 0.2) is 11.2 Å². The number of hydrazone groups is 1. The van der Waals surface area contributed by atoms with Crippen LogP contribution in [0.1, 0.15) is 22.3 Å². The van der Waals surface area contributed by atoms with Gasteiger partial charge >= 0.3 is 5.69 Å². The Morgan fingerprint density at radius 1 is 1.19 bits per heavy atom. The molecule has 9 heteroatoms. The average molecular weight is 437 g/mol. The van der Waals surface area contributed by atoms with Gasteiger partial charge < -0.3 is 0 Å². The highest BCUT2D eigenvalue weighted by atomic mass is 35.5. The van der Waals surface area contributed by atoms with E-state index in [9.17, 15) is 9.59 Å². The third-order valence-corrected chi connectivity index (χ3v) is 5.46. The van der Waals surface area contributed by atoms with Crippen LogP contribution in [0, 0.1) is 13.8 Å². The van der Waals surface area contributed by atoms with E-state index in [1.165, 1.54) is 4.57 Å². The fraction of sp³-hybridized carbons (Fsp3) is 0.182. The lowest BCUT2D eigenvalue weighted by Crippen LogP contribution is -2.29. The van der Waals surface area contributed by atoms with E-state index in [0.717, 1.165) is 22.3 Å². The first-order valence-corrected chi connectivity index (χ1v) is 10.0. The van der Waals surface area contributed by atoms with E-state index in [2.05, 4.69) is 26.6 Å². The number of aromatic nitrogens is 4. The lowest BCUT2D eigenvalue weighted by molar-refractivity contribution is 0.804. The molecule has 0 amide bonds. The molecule has 0 spiro atoms. The summed E-state index contributed by atoms with van der Waals surface area (Å²) < 4.78 is 3.03. The summed E-state index contributed by atoms with van der Waals surface area (Å²) in [5.74, 6) is 0.339. The number of nitrogens with zero attached hydrogens (tertiary/aromatic N) is 4. The standard InChI is InChI=1S/C22H21ClN6O2/c1-13-8-9-14(2)16(10-13)12-29-18-19(28(3)22(31)26-20(18)30)25-21(29)27-24-11-15-6-4-5-7-17(15)23/h4-11H,12H2,1-3H3,(H,25,27)(H,26,30,31)/b24-11-. The monoisotopic (exact) mass is 436 g/mol. The maximum atomic E-state index is 12.7. The Morgan fingerprint density at radius 3 is 2.74 bits per heavy atom. The largest absolute Gasteiger partial charge is 0.329 e. The first kappa shape index (κ1) is 20.6. The van der Waals surface area contributed by atoms with Crippen molar-refractivity contribution in [2.75, 3.05) is 5.43 Å². The van der Waals surface area contributed by atoms with Crippen molar-refractivity contribution in [1.29, 1.82) is 0 Å². The second-order valence-electron chi connectivity index (χ2n) is 7.33. The number of aryl methyl sites for hydroxylation is 3. The Morgan fingerprint density at radius 2 is 1.97 bits per heavy atom. The summed E-state index contributed by atoms with van der Waals surface area (Å²) in [5.41, 5.74) is 6.40. The number of hydrogen-bond acceptors (Lipinski definition) is 5. The second-order valence-corrected chi connectivity index (χ2v) is 7.74. The van der Waals surface area contributed by atoms with E-state index < -0.39 is 11.2 Å². The van der Waals surface area contributed by atoms with E-state index in [1.807, 2.05) is 44.2 Å². The van der Waals surface area contributed by atoms with Crippen LogP contribution in [-0.2, 0) is 13.6 Å². The number of halogens is 1. The van der Waals surface area contributed by atoms with Gasteiger partial charge in [0.2, 0.25) is 5.95 Å². The fourth-order valence-corrected chi connectivity index (χ4v) is 3.54. The number of rotatable bonds is 5. The average Bonchev–Trinajstić information content (AvgIpc) is 3.09. The summed E-state index contributed by atoms with van der Waals surface area (Å²) in [7, 11) is 1.56. The molecule has 0 aliphatic rings. The Bertz CT molecular complexity index is 1430. The molecule has 0 aliphatic carbocycles. The maximum absolute atomic E-state index is 12.7. The highest BCUT2D eigenvalue weighted by Crippen LogP contribution is 2.20. The van der Waals surface area contributed by atoms with Crippen molar-refractivity contribution in [1.82, 2.24) is 19.1 Å². The van der Waals surface area contributed by atoms with E-state index >= 15 is 0 Å². The summed E-state index contributed by atoms with van der Waals surface area (Å²) in [5, 5.41) is 4.82. The van der Waals surface area contributed by atoms with E-state index in [-0.39, 0.29) is 5.65 Å². The smallest absolute Gasteiger partial charge is 0.298 e. The zero-order valence-corrected chi connectivity index (χ0v) is 18.1. The summed E-state index contributed by atoms with van der Waals surface area (Å²) in [6.45, 7) is 4.41. The topological polar surface area (TPSA) is 97.1 Å². The van der Waals surface area contributed by atoms with Crippen LogP contribution < -0.4 is 16.7 Å². The van der Waals surface area contributed by atoms with Crippen molar-refractivity contribution in [3.05, 3.63) is 90.6 Å². The number of hydrogen-bond donors (Lipinski definition) is 2. The second kappa shape index (κ2) is 8.23. The zero-order chi connectivity index (χ0) is 22.1. The molecular formula is C22H21ClN6O2. The Kier molecular flexibility index (Phi) is 5.48. The van der Waals surface area contributed by atoms with Crippen LogP contribution in [0.5, 0.6) is 0 Å². The lowest BCUT2D eigenvalue weighted by Gasteiger charge is -2.11. The number of fused-ring (bicyclic) bond motifs is 1. The number of aromatic amines is 1. The van der Waals surface area contributed by atoms with Crippen molar-refractivity contribution in [2.45, 2.75) is 20.4 Å². The van der Waals surface area contributed by atoms with E-state index in [4.69, 9.17) is 11.6 Å². The SMILES string of the molecule is Cc1ccc(C)c(Cn2c(N/N=C\c3ccccc3Cl)nc3c2c(=O)[nH]c(=O)n3C)c1. The Balaban J connectivity index is 1.83. The van der Waals surface area contributed by atoms with Crippen molar-refractivity contribution in [3.8, 4) is 0 Å². The summed E-state index contributed by atoms with van der Waals surface area (Å²) in [6.07, 6.45) is 1.58. The molecule has 8 nitrogen and oxygen atoms in total. The molecule has 0 fully saturated rings. The normalized spacial score (nSPS) is 11.5. The number of H-pyrrole nitrogens is 1. The molecule has 0 saturated carbocycles. The summed E-state index contributed by atoms with van der Waals surface area (Å²) >= 11 is 6.18. The van der Waals surface area contributed by atoms with Gasteiger partial charge in [-0.2, -0.15) is 10.1 Å². The maximum Gasteiger partial charge on any atom is 0.329 e. The van der Waals surface area contributed by atoms with Crippen LogP contribution in [-0.4, -0.2) is 25.3 Å². The van der Waals surface area contributed by atoms with Gasteiger partial charge in [0.1, 0.15) is 0 Å². The van der Waals surface area contributed by atoms with E-state index in [0.29, 0.717) is 23.0 Å². The van der Waals surface area contributed by atoms with Gasteiger partial charge in [-0.3, -0.25) is 18.9 Å². The van der Waals surface area contributed by atoms with Crippen molar-refractivity contribution < 1.29 is 0 Å². The molecule has 2 heterocycles. The van der Waals surface area contributed by atoms with Crippen LogP contribution in [0.15, 0.2) is 57.2 Å². The lowest BCUT2D eigenvalue weighted by atomic mass is 10.1. The first-order chi connectivity index (χ1) is 14.8.